The zero-order chi connectivity index (χ0) is 17.4. The molecule has 0 aliphatic carbocycles. The largest absolute Gasteiger partial charge is 0.309 e. The first-order chi connectivity index (χ1) is 12.1. The van der Waals surface area contributed by atoms with Gasteiger partial charge in [0.15, 0.2) is 0 Å². The Morgan fingerprint density at radius 1 is 0.960 bits per heavy atom. The van der Waals surface area contributed by atoms with E-state index < -0.39 is 0 Å². The fourth-order valence-corrected chi connectivity index (χ4v) is 3.83. The summed E-state index contributed by atoms with van der Waals surface area (Å²) in [6, 6.07) is 19.0. The molecule has 0 saturated carbocycles. The van der Waals surface area contributed by atoms with Gasteiger partial charge in [0.05, 0.1) is 5.92 Å². The smallest absolute Gasteiger partial charge is 0.209 e. The Bertz CT molecular complexity index is 993. The van der Waals surface area contributed by atoms with Crippen LogP contribution in [0.5, 0.6) is 0 Å². The standard InChI is InChI=1S/C20H14Cl2N2O/c21-16-6-3-7-17(22)18(16)15-11-23-24-19(15)20(25)14-9-8-12-4-1-2-5-13(12)10-14/h1-10,15,23H,11H2. The van der Waals surface area contributed by atoms with Crippen molar-refractivity contribution >= 4 is 45.5 Å². The average Bonchev–Trinajstić information content (AvgIpc) is 3.10. The molecule has 0 saturated heterocycles. The third kappa shape index (κ3) is 2.90. The molecule has 1 atom stereocenters. The number of halogens is 2. The summed E-state index contributed by atoms with van der Waals surface area (Å²) >= 11 is 12.7. The number of carbonyl (C=O) groups excluding carboxylic acids is 1. The number of rotatable bonds is 3. The SMILES string of the molecule is O=C(C1=NNCC1c1c(Cl)cccc1Cl)c1ccc2ccccc2c1. The van der Waals surface area contributed by atoms with Crippen molar-refractivity contribution in [3.8, 4) is 0 Å². The molecule has 0 spiro atoms. The van der Waals surface area contributed by atoms with E-state index in [-0.39, 0.29) is 11.7 Å². The van der Waals surface area contributed by atoms with Gasteiger partial charge in [-0.3, -0.25) is 4.79 Å². The van der Waals surface area contributed by atoms with Crippen molar-refractivity contribution in [2.24, 2.45) is 5.10 Å². The Labute approximate surface area is 155 Å². The molecule has 1 N–H and O–H groups in total. The second-order valence-corrected chi connectivity index (χ2v) is 6.75. The van der Waals surface area contributed by atoms with Crippen LogP contribution in [0.25, 0.3) is 10.8 Å². The molecule has 3 aromatic rings. The quantitative estimate of drug-likeness (QED) is 0.655. The lowest BCUT2D eigenvalue weighted by molar-refractivity contribution is 0.106. The highest BCUT2D eigenvalue weighted by molar-refractivity contribution is 6.49. The van der Waals surface area contributed by atoms with Gasteiger partial charge in [0.2, 0.25) is 5.78 Å². The lowest BCUT2D eigenvalue weighted by Crippen LogP contribution is -2.22. The maximum Gasteiger partial charge on any atom is 0.209 e. The average molecular weight is 369 g/mol. The van der Waals surface area contributed by atoms with Crippen molar-refractivity contribution in [2.45, 2.75) is 5.92 Å². The summed E-state index contributed by atoms with van der Waals surface area (Å²) < 4.78 is 0. The normalized spacial score (nSPS) is 16.6. The number of hydrogen-bond donors (Lipinski definition) is 1. The highest BCUT2D eigenvalue weighted by Gasteiger charge is 2.32. The maximum atomic E-state index is 13.0. The van der Waals surface area contributed by atoms with Gasteiger partial charge in [0.1, 0.15) is 5.71 Å². The number of hydrogen-bond acceptors (Lipinski definition) is 3. The van der Waals surface area contributed by atoms with Crippen molar-refractivity contribution in [3.63, 3.8) is 0 Å². The van der Waals surface area contributed by atoms with Crippen LogP contribution in [0.3, 0.4) is 0 Å². The molecule has 0 bridgehead atoms. The van der Waals surface area contributed by atoms with Gasteiger partial charge in [-0.25, -0.2) is 0 Å². The number of hydrazone groups is 1. The van der Waals surface area contributed by atoms with Crippen LogP contribution in [-0.4, -0.2) is 18.0 Å². The lowest BCUT2D eigenvalue weighted by Gasteiger charge is -2.15. The van der Waals surface area contributed by atoms with E-state index in [9.17, 15) is 4.79 Å². The molecule has 124 valence electrons. The maximum absolute atomic E-state index is 13.0. The highest BCUT2D eigenvalue weighted by Crippen LogP contribution is 2.34. The summed E-state index contributed by atoms with van der Waals surface area (Å²) in [6.07, 6.45) is 0. The van der Waals surface area contributed by atoms with Crippen LogP contribution in [0.2, 0.25) is 10.0 Å². The molecule has 1 heterocycles. The Kier molecular flexibility index (Phi) is 4.20. The van der Waals surface area contributed by atoms with E-state index in [1.165, 1.54) is 0 Å². The van der Waals surface area contributed by atoms with Gasteiger partial charge in [0, 0.05) is 27.7 Å². The Morgan fingerprint density at radius 2 is 1.68 bits per heavy atom. The van der Waals surface area contributed by atoms with E-state index in [2.05, 4.69) is 10.5 Å². The molecule has 1 aliphatic rings. The Balaban J connectivity index is 1.73. The fraction of sp³-hybridized carbons (Fsp3) is 0.100. The molecular formula is C20H14Cl2N2O. The molecule has 0 amide bonds. The van der Waals surface area contributed by atoms with Crippen molar-refractivity contribution in [2.75, 3.05) is 6.54 Å². The topological polar surface area (TPSA) is 41.5 Å². The van der Waals surface area contributed by atoms with E-state index >= 15 is 0 Å². The first kappa shape index (κ1) is 16.1. The third-order valence-corrected chi connectivity index (χ3v) is 5.08. The molecule has 25 heavy (non-hydrogen) atoms. The lowest BCUT2D eigenvalue weighted by atomic mass is 9.89. The predicted octanol–water partition coefficient (Wildman–Crippen LogP) is 5.07. The summed E-state index contributed by atoms with van der Waals surface area (Å²) in [7, 11) is 0. The van der Waals surface area contributed by atoms with Gasteiger partial charge in [0.25, 0.3) is 0 Å². The second-order valence-electron chi connectivity index (χ2n) is 5.94. The summed E-state index contributed by atoms with van der Waals surface area (Å²) in [5, 5.41) is 7.43. The Morgan fingerprint density at radius 3 is 2.44 bits per heavy atom. The first-order valence-electron chi connectivity index (χ1n) is 7.93. The molecule has 3 nitrogen and oxygen atoms in total. The van der Waals surface area contributed by atoms with Crippen LogP contribution in [-0.2, 0) is 0 Å². The second kappa shape index (κ2) is 6.51. The van der Waals surface area contributed by atoms with Crippen molar-refractivity contribution < 1.29 is 4.79 Å². The predicted molar refractivity (Wildman–Crippen MR) is 103 cm³/mol. The van der Waals surface area contributed by atoms with E-state index in [1.54, 1.807) is 18.2 Å². The molecule has 0 fully saturated rings. The monoisotopic (exact) mass is 368 g/mol. The van der Waals surface area contributed by atoms with Gasteiger partial charge in [-0.2, -0.15) is 5.10 Å². The van der Waals surface area contributed by atoms with Crippen LogP contribution in [0, 0.1) is 0 Å². The summed E-state index contributed by atoms with van der Waals surface area (Å²) in [6.45, 7) is 0.498. The van der Waals surface area contributed by atoms with Crippen LogP contribution < -0.4 is 5.43 Å². The van der Waals surface area contributed by atoms with Crippen LogP contribution >= 0.6 is 23.2 Å². The number of carbonyl (C=O) groups is 1. The van der Waals surface area contributed by atoms with E-state index in [1.807, 2.05) is 42.5 Å². The number of fused-ring (bicyclic) bond motifs is 1. The minimum atomic E-state index is -0.264. The van der Waals surface area contributed by atoms with Crippen molar-refractivity contribution in [1.29, 1.82) is 0 Å². The molecule has 4 rings (SSSR count). The zero-order valence-electron chi connectivity index (χ0n) is 13.2. The molecule has 3 aromatic carbocycles. The van der Waals surface area contributed by atoms with Gasteiger partial charge in [-0.15, -0.1) is 0 Å². The minimum absolute atomic E-state index is 0.114. The summed E-state index contributed by atoms with van der Waals surface area (Å²) in [5.74, 6) is -0.378. The molecule has 0 radical (unpaired) electrons. The van der Waals surface area contributed by atoms with Crippen LogP contribution in [0.1, 0.15) is 21.8 Å². The van der Waals surface area contributed by atoms with Gasteiger partial charge in [-0.05, 0) is 29.0 Å². The molecule has 5 heteroatoms. The fourth-order valence-electron chi connectivity index (χ4n) is 3.17. The van der Waals surface area contributed by atoms with Crippen molar-refractivity contribution in [3.05, 3.63) is 81.8 Å². The van der Waals surface area contributed by atoms with Gasteiger partial charge >= 0.3 is 0 Å². The van der Waals surface area contributed by atoms with Gasteiger partial charge in [-0.1, -0.05) is 65.7 Å². The number of Topliss-reactive ketones (excluding diaryl/α,β-unsaturated/α-hetero) is 1. The minimum Gasteiger partial charge on any atom is -0.309 e. The number of nitrogens with zero attached hydrogens (tertiary/aromatic N) is 1. The molecular weight excluding hydrogens is 355 g/mol. The van der Waals surface area contributed by atoms with Crippen LogP contribution in [0.15, 0.2) is 65.8 Å². The number of ketones is 1. The summed E-state index contributed by atoms with van der Waals surface area (Å²) in [4.78, 5) is 13.0. The van der Waals surface area contributed by atoms with E-state index in [0.717, 1.165) is 16.3 Å². The molecule has 0 aromatic heterocycles. The molecule has 1 aliphatic heterocycles. The van der Waals surface area contributed by atoms with Gasteiger partial charge < -0.3 is 5.43 Å². The van der Waals surface area contributed by atoms with Crippen LogP contribution in [0.4, 0.5) is 0 Å². The van der Waals surface area contributed by atoms with E-state index in [0.29, 0.717) is 27.9 Å². The number of nitrogens with one attached hydrogen (secondary N) is 1. The zero-order valence-corrected chi connectivity index (χ0v) is 14.7. The highest BCUT2D eigenvalue weighted by atomic mass is 35.5. The Hall–Kier alpha value is -2.36. The first-order valence-corrected chi connectivity index (χ1v) is 8.68. The van der Waals surface area contributed by atoms with Crippen molar-refractivity contribution in [1.82, 2.24) is 5.43 Å². The number of benzene rings is 3. The van der Waals surface area contributed by atoms with E-state index in [4.69, 9.17) is 23.2 Å². The third-order valence-electron chi connectivity index (χ3n) is 4.42. The summed E-state index contributed by atoms with van der Waals surface area (Å²) in [5.41, 5.74) is 4.69. The molecule has 1 unspecified atom stereocenters.